The normalized spacial score (nSPS) is 53.3. The van der Waals surface area contributed by atoms with Gasteiger partial charge in [-0.1, -0.05) is 57.8 Å². The Bertz CT molecular complexity index is 1070. The van der Waals surface area contributed by atoms with Gasteiger partial charge in [0.15, 0.2) is 0 Å². The van der Waals surface area contributed by atoms with E-state index < -0.39 is 0 Å². The molecular weight excluding hydrogens is 591 g/mol. The van der Waals surface area contributed by atoms with Crippen LogP contribution in [0.2, 0.25) is 0 Å². The average Bonchev–Trinajstić information content (AvgIpc) is 3.71. The Morgan fingerprint density at radius 1 is 0.362 bits per heavy atom. The molecule has 10 rings (SSSR count). The quantitative estimate of drug-likeness (QED) is 0.297. The Labute approximate surface area is 293 Å². The van der Waals surface area contributed by atoms with Gasteiger partial charge in [0.05, 0.1) is 12.2 Å². The van der Waals surface area contributed by atoms with E-state index in [0.717, 1.165) is 87.8 Å². The summed E-state index contributed by atoms with van der Waals surface area (Å²) in [6, 6.07) is 2.77. The van der Waals surface area contributed by atoms with Crippen molar-refractivity contribution in [1.82, 2.24) is 4.90 Å². The highest BCUT2D eigenvalue weighted by Crippen LogP contribution is 2.64. The highest BCUT2D eigenvalue weighted by atomic mass is 32.2. The minimum atomic E-state index is 0.629. The largest absolute Gasteiger partial charge is 0.374 e. The number of hydrogen-bond donors (Lipinski definition) is 0. The molecule has 0 aromatic heterocycles. The fraction of sp³-hybridized carbons (Fsp3) is 1.00. The zero-order valence-electron chi connectivity index (χ0n) is 30.2. The Balaban J connectivity index is 0.816. The van der Waals surface area contributed by atoms with E-state index in [1.54, 1.807) is 96.3 Å². The van der Waals surface area contributed by atoms with Gasteiger partial charge in [0.2, 0.25) is 0 Å². The standard InChI is InChI=1S/C44H71NOS/c1-2-10-31(11-3-1)45(33-23-24-35-30(27-33)18-17-28-9-4-5-12-34(28)35)32-21-19-29(20-22-32)36-14-8-15-37-38-25-26-41-42(44(38)47-43(36)37)39-13-6-7-16-40(39)46-41/h28-44H,1-27H2. The molecule has 2 saturated heterocycles. The summed E-state index contributed by atoms with van der Waals surface area (Å²) in [5.41, 5.74) is 0. The molecule has 2 nitrogen and oxygen atoms in total. The lowest BCUT2D eigenvalue weighted by molar-refractivity contribution is -0.0421. The third-order valence-electron chi connectivity index (χ3n) is 18.0. The van der Waals surface area contributed by atoms with Crippen LogP contribution in [0.3, 0.4) is 0 Å². The predicted octanol–water partition coefficient (Wildman–Crippen LogP) is 11.4. The third-order valence-corrected chi connectivity index (χ3v) is 20.0. The van der Waals surface area contributed by atoms with Crippen LogP contribution in [-0.4, -0.2) is 45.7 Å². The maximum atomic E-state index is 6.84. The van der Waals surface area contributed by atoms with Crippen LogP contribution in [0, 0.1) is 59.2 Å². The summed E-state index contributed by atoms with van der Waals surface area (Å²) in [6.07, 6.45) is 42.6. The van der Waals surface area contributed by atoms with Gasteiger partial charge in [0, 0.05) is 34.5 Å². The van der Waals surface area contributed by atoms with Gasteiger partial charge in [-0.2, -0.15) is 11.8 Å². The summed E-state index contributed by atoms with van der Waals surface area (Å²) in [5, 5.41) is 1.95. The van der Waals surface area contributed by atoms with Crippen LogP contribution in [0.4, 0.5) is 0 Å². The van der Waals surface area contributed by atoms with Crippen molar-refractivity contribution in [2.24, 2.45) is 59.2 Å². The molecule has 0 spiro atoms. The van der Waals surface area contributed by atoms with Gasteiger partial charge < -0.3 is 4.74 Å². The number of rotatable bonds is 4. The minimum Gasteiger partial charge on any atom is -0.374 e. The third kappa shape index (κ3) is 5.78. The summed E-state index contributed by atoms with van der Waals surface area (Å²) in [6.45, 7) is 0. The van der Waals surface area contributed by atoms with Gasteiger partial charge in [-0.3, -0.25) is 4.90 Å². The lowest BCUT2D eigenvalue weighted by atomic mass is 9.57. The molecule has 0 aromatic rings. The maximum Gasteiger partial charge on any atom is 0.0621 e. The van der Waals surface area contributed by atoms with Gasteiger partial charge in [0.1, 0.15) is 0 Å². The zero-order chi connectivity index (χ0) is 30.9. The summed E-state index contributed by atoms with van der Waals surface area (Å²) < 4.78 is 6.84. The lowest BCUT2D eigenvalue weighted by Crippen LogP contribution is -2.54. The molecule has 0 aromatic carbocycles. The first-order valence-corrected chi connectivity index (χ1v) is 23.3. The summed E-state index contributed by atoms with van der Waals surface area (Å²) in [4.78, 5) is 3.32. The monoisotopic (exact) mass is 662 g/mol. The Kier molecular flexibility index (Phi) is 9.30. The van der Waals surface area contributed by atoms with Crippen LogP contribution in [0.1, 0.15) is 173 Å². The highest BCUT2D eigenvalue weighted by molar-refractivity contribution is 8.00. The molecule has 0 bridgehead atoms. The van der Waals surface area contributed by atoms with Crippen LogP contribution < -0.4 is 0 Å². The number of fused-ring (bicyclic) bond motifs is 10. The molecule has 264 valence electrons. The number of hydrogen-bond acceptors (Lipinski definition) is 3. The van der Waals surface area contributed by atoms with Gasteiger partial charge in [-0.05, 0) is 169 Å². The van der Waals surface area contributed by atoms with Crippen molar-refractivity contribution in [1.29, 1.82) is 0 Å². The molecule has 0 amide bonds. The number of nitrogens with zero attached hydrogens (tertiary/aromatic N) is 1. The number of thioether (sulfide) groups is 1. The topological polar surface area (TPSA) is 12.5 Å². The highest BCUT2D eigenvalue weighted by Gasteiger charge is 2.60. The Morgan fingerprint density at radius 2 is 0.957 bits per heavy atom. The van der Waals surface area contributed by atoms with Crippen molar-refractivity contribution in [2.75, 3.05) is 0 Å². The second-order valence-corrected chi connectivity index (χ2v) is 21.1. The van der Waals surface area contributed by atoms with E-state index in [4.69, 9.17) is 4.74 Å². The van der Waals surface area contributed by atoms with Gasteiger partial charge in [-0.25, -0.2) is 0 Å². The van der Waals surface area contributed by atoms with Crippen LogP contribution in [0.25, 0.3) is 0 Å². The second kappa shape index (κ2) is 13.7. The smallest absolute Gasteiger partial charge is 0.0621 e. The van der Waals surface area contributed by atoms with E-state index in [2.05, 4.69) is 16.7 Å². The molecule has 14 unspecified atom stereocenters. The molecule has 0 N–H and O–H groups in total. The maximum absolute atomic E-state index is 6.84. The van der Waals surface area contributed by atoms with E-state index >= 15 is 0 Å². The average molecular weight is 662 g/mol. The minimum absolute atomic E-state index is 0.629. The van der Waals surface area contributed by atoms with E-state index in [-0.39, 0.29) is 0 Å². The molecule has 47 heavy (non-hydrogen) atoms. The molecule has 3 heteroatoms. The molecule has 0 radical (unpaired) electrons. The summed E-state index contributed by atoms with van der Waals surface area (Å²) in [7, 11) is 0. The van der Waals surface area contributed by atoms with Crippen molar-refractivity contribution in [3.63, 3.8) is 0 Å². The van der Waals surface area contributed by atoms with E-state index in [1.165, 1.54) is 77.0 Å². The van der Waals surface area contributed by atoms with E-state index in [1.807, 2.05) is 0 Å². The number of ether oxygens (including phenoxy) is 1. The van der Waals surface area contributed by atoms with Gasteiger partial charge >= 0.3 is 0 Å². The fourth-order valence-corrected chi connectivity index (χ4v) is 18.8. The molecule has 10 aliphatic rings. The first kappa shape index (κ1) is 32.0. The van der Waals surface area contributed by atoms with Crippen molar-refractivity contribution < 1.29 is 4.74 Å². The predicted molar refractivity (Wildman–Crippen MR) is 197 cm³/mol. The van der Waals surface area contributed by atoms with Crippen LogP contribution in [-0.2, 0) is 4.74 Å². The van der Waals surface area contributed by atoms with Crippen molar-refractivity contribution in [2.45, 2.75) is 214 Å². The zero-order valence-corrected chi connectivity index (χ0v) is 31.0. The molecule has 2 heterocycles. The van der Waals surface area contributed by atoms with Crippen molar-refractivity contribution in [3.8, 4) is 0 Å². The Morgan fingerprint density at radius 3 is 1.85 bits per heavy atom. The van der Waals surface area contributed by atoms with Crippen LogP contribution >= 0.6 is 11.8 Å². The molecule has 10 fully saturated rings. The summed E-state index contributed by atoms with van der Waals surface area (Å²) in [5.74, 6) is 10.4. The van der Waals surface area contributed by atoms with Crippen LogP contribution in [0.15, 0.2) is 0 Å². The first-order valence-electron chi connectivity index (χ1n) is 22.4. The second-order valence-electron chi connectivity index (χ2n) is 19.8. The SMILES string of the molecule is C1CCC(N(C2CCC(C3CCCC4C5CCC6OC7CCCCC7C6C5SC34)CC2)C2CCC3C(CCC4CCCCC43)C2)CC1. The van der Waals surface area contributed by atoms with Crippen LogP contribution in [0.5, 0.6) is 0 Å². The van der Waals surface area contributed by atoms with E-state index in [0.29, 0.717) is 12.2 Å². The molecule has 14 atom stereocenters. The van der Waals surface area contributed by atoms with Gasteiger partial charge in [0.25, 0.3) is 0 Å². The fourth-order valence-electron chi connectivity index (χ4n) is 16.2. The Hall–Kier alpha value is 0.270. The van der Waals surface area contributed by atoms with Gasteiger partial charge in [-0.15, -0.1) is 0 Å². The molecule has 8 saturated carbocycles. The van der Waals surface area contributed by atoms with Crippen molar-refractivity contribution >= 4 is 11.8 Å². The molecular formula is C44H71NOS. The molecule has 8 aliphatic carbocycles. The summed E-state index contributed by atoms with van der Waals surface area (Å²) >= 11 is 2.59. The lowest BCUT2D eigenvalue weighted by Gasteiger charge is -2.54. The van der Waals surface area contributed by atoms with E-state index in [9.17, 15) is 0 Å². The van der Waals surface area contributed by atoms with Crippen molar-refractivity contribution in [3.05, 3.63) is 0 Å². The molecule has 2 aliphatic heterocycles. The first-order chi connectivity index (χ1) is 23.3.